The van der Waals surface area contributed by atoms with E-state index in [-0.39, 0.29) is 17.7 Å². The number of nitrogens with one attached hydrogen (secondary N) is 1. The molecule has 1 aliphatic rings. The van der Waals surface area contributed by atoms with E-state index in [0.717, 1.165) is 37.7 Å². The van der Waals surface area contributed by atoms with Crippen LogP contribution >= 0.6 is 11.6 Å². The average molecular weight is 400 g/mol. The topological polar surface area (TPSA) is 52.7 Å². The Kier molecular flexibility index (Phi) is 6.83. The summed E-state index contributed by atoms with van der Waals surface area (Å²) < 4.78 is 0. The second-order valence-electron chi connectivity index (χ2n) is 7.24. The van der Waals surface area contributed by atoms with E-state index in [1.165, 1.54) is 12.5 Å². The fourth-order valence-electron chi connectivity index (χ4n) is 3.40. The van der Waals surface area contributed by atoms with Gasteiger partial charge in [-0.05, 0) is 55.8 Å². The van der Waals surface area contributed by atoms with Crippen molar-refractivity contribution >= 4 is 29.0 Å². The standard InChI is InChI=1S/C22H26ClN3O2/c1-16(22(28)24-21-8-6-19(7-9-21)17(2)27)26-12-10-25(11-13-26)15-18-4-3-5-20(23)14-18/h3-9,14,16H,10-13,15H2,1-2H3,(H,24,28)/t16-/m0/s1. The molecule has 0 unspecified atom stereocenters. The fraction of sp³-hybridized carbons (Fsp3) is 0.364. The number of rotatable bonds is 6. The van der Waals surface area contributed by atoms with E-state index in [1.807, 2.05) is 25.1 Å². The van der Waals surface area contributed by atoms with Gasteiger partial charge >= 0.3 is 0 Å². The molecule has 0 bridgehead atoms. The molecule has 5 nitrogen and oxygen atoms in total. The zero-order valence-electron chi connectivity index (χ0n) is 16.3. The molecule has 148 valence electrons. The maximum atomic E-state index is 12.6. The minimum atomic E-state index is -0.208. The third-order valence-electron chi connectivity index (χ3n) is 5.19. The van der Waals surface area contributed by atoms with Gasteiger partial charge in [0.2, 0.25) is 5.91 Å². The van der Waals surface area contributed by atoms with E-state index < -0.39 is 0 Å². The molecule has 6 heteroatoms. The van der Waals surface area contributed by atoms with Gasteiger partial charge in [0.05, 0.1) is 6.04 Å². The van der Waals surface area contributed by atoms with Crippen LogP contribution in [0.2, 0.25) is 5.02 Å². The average Bonchev–Trinajstić information content (AvgIpc) is 2.68. The SMILES string of the molecule is CC(=O)c1ccc(NC(=O)[C@H](C)N2CCN(Cc3cccc(Cl)c3)CC2)cc1. The molecule has 0 aromatic heterocycles. The first-order chi connectivity index (χ1) is 13.4. The van der Waals surface area contributed by atoms with E-state index in [9.17, 15) is 9.59 Å². The molecule has 0 radical (unpaired) electrons. The van der Waals surface area contributed by atoms with E-state index in [0.29, 0.717) is 11.3 Å². The lowest BCUT2D eigenvalue weighted by atomic mass is 10.1. The molecule has 0 spiro atoms. The first kappa shape index (κ1) is 20.5. The van der Waals surface area contributed by atoms with Crippen LogP contribution in [0.15, 0.2) is 48.5 Å². The molecule has 2 aromatic rings. The van der Waals surface area contributed by atoms with Crippen LogP contribution in [0.25, 0.3) is 0 Å². The number of carbonyl (C=O) groups is 2. The molecule has 1 aliphatic heterocycles. The zero-order valence-corrected chi connectivity index (χ0v) is 17.1. The van der Waals surface area contributed by atoms with Crippen LogP contribution in [0.3, 0.4) is 0 Å². The summed E-state index contributed by atoms with van der Waals surface area (Å²) in [7, 11) is 0. The summed E-state index contributed by atoms with van der Waals surface area (Å²) in [5.74, 6) is -0.0132. The van der Waals surface area contributed by atoms with Crippen LogP contribution in [0.5, 0.6) is 0 Å². The molecule has 1 fully saturated rings. The van der Waals surface area contributed by atoms with E-state index in [1.54, 1.807) is 24.3 Å². The Bertz CT molecular complexity index is 830. The predicted molar refractivity (Wildman–Crippen MR) is 113 cm³/mol. The Morgan fingerprint density at radius 2 is 1.75 bits per heavy atom. The molecule has 1 N–H and O–H groups in total. The number of hydrogen-bond acceptors (Lipinski definition) is 4. The number of hydrogen-bond donors (Lipinski definition) is 1. The van der Waals surface area contributed by atoms with Crippen LogP contribution in [-0.4, -0.2) is 53.7 Å². The first-order valence-electron chi connectivity index (χ1n) is 9.55. The van der Waals surface area contributed by atoms with Gasteiger partial charge < -0.3 is 5.32 Å². The Hall–Kier alpha value is -2.21. The zero-order chi connectivity index (χ0) is 20.1. The number of ketones is 1. The number of nitrogens with zero attached hydrogens (tertiary/aromatic N) is 2. The summed E-state index contributed by atoms with van der Waals surface area (Å²) in [5, 5.41) is 3.70. The van der Waals surface area contributed by atoms with Crippen molar-refractivity contribution in [1.82, 2.24) is 9.80 Å². The van der Waals surface area contributed by atoms with Gasteiger partial charge in [-0.1, -0.05) is 23.7 Å². The largest absolute Gasteiger partial charge is 0.325 e. The number of amides is 1. The monoisotopic (exact) mass is 399 g/mol. The Balaban J connectivity index is 1.49. The Morgan fingerprint density at radius 1 is 1.07 bits per heavy atom. The van der Waals surface area contributed by atoms with Gasteiger partial charge in [-0.25, -0.2) is 0 Å². The maximum Gasteiger partial charge on any atom is 0.241 e. The molecule has 3 rings (SSSR count). The summed E-state index contributed by atoms with van der Waals surface area (Å²) in [4.78, 5) is 28.5. The lowest BCUT2D eigenvalue weighted by Gasteiger charge is -2.37. The Labute approximate surface area is 171 Å². The van der Waals surface area contributed by atoms with Gasteiger partial charge in [0.15, 0.2) is 5.78 Å². The third kappa shape index (κ3) is 5.41. The van der Waals surface area contributed by atoms with Crippen LogP contribution in [-0.2, 0) is 11.3 Å². The smallest absolute Gasteiger partial charge is 0.241 e. The molecule has 1 heterocycles. The summed E-state index contributed by atoms with van der Waals surface area (Å²) in [6.45, 7) is 7.86. The molecular formula is C22H26ClN3O2. The molecule has 28 heavy (non-hydrogen) atoms. The Morgan fingerprint density at radius 3 is 2.36 bits per heavy atom. The highest BCUT2D eigenvalue weighted by Gasteiger charge is 2.25. The molecule has 2 aromatic carbocycles. The highest BCUT2D eigenvalue weighted by atomic mass is 35.5. The van der Waals surface area contributed by atoms with Gasteiger partial charge in [0.1, 0.15) is 0 Å². The van der Waals surface area contributed by atoms with Gasteiger partial charge in [-0.15, -0.1) is 0 Å². The number of piperazine rings is 1. The molecular weight excluding hydrogens is 374 g/mol. The third-order valence-corrected chi connectivity index (χ3v) is 5.42. The highest BCUT2D eigenvalue weighted by molar-refractivity contribution is 6.30. The maximum absolute atomic E-state index is 12.6. The second-order valence-corrected chi connectivity index (χ2v) is 7.68. The van der Waals surface area contributed by atoms with E-state index in [4.69, 9.17) is 11.6 Å². The van der Waals surface area contributed by atoms with Crippen molar-refractivity contribution in [2.24, 2.45) is 0 Å². The van der Waals surface area contributed by atoms with E-state index >= 15 is 0 Å². The number of benzene rings is 2. The number of Topliss-reactive ketones (excluding diaryl/α,β-unsaturated/α-hetero) is 1. The molecule has 0 saturated carbocycles. The number of carbonyl (C=O) groups excluding carboxylic acids is 2. The van der Waals surface area contributed by atoms with E-state index in [2.05, 4.69) is 21.2 Å². The summed E-state index contributed by atoms with van der Waals surface area (Å²) >= 11 is 6.06. The van der Waals surface area contributed by atoms with Gasteiger partial charge in [-0.3, -0.25) is 19.4 Å². The first-order valence-corrected chi connectivity index (χ1v) is 9.93. The van der Waals surface area contributed by atoms with Crippen molar-refractivity contribution in [3.8, 4) is 0 Å². The van der Waals surface area contributed by atoms with Crippen molar-refractivity contribution in [3.63, 3.8) is 0 Å². The van der Waals surface area contributed by atoms with Crippen molar-refractivity contribution in [3.05, 3.63) is 64.7 Å². The lowest BCUT2D eigenvalue weighted by Crippen LogP contribution is -2.52. The molecule has 1 atom stereocenters. The predicted octanol–water partition coefficient (Wildman–Crippen LogP) is 3.69. The van der Waals surface area contributed by atoms with Crippen molar-refractivity contribution < 1.29 is 9.59 Å². The van der Waals surface area contributed by atoms with Crippen LogP contribution < -0.4 is 5.32 Å². The number of halogens is 1. The quantitative estimate of drug-likeness (QED) is 0.753. The lowest BCUT2D eigenvalue weighted by molar-refractivity contribution is -0.121. The van der Waals surface area contributed by atoms with Crippen LogP contribution in [0.4, 0.5) is 5.69 Å². The normalized spacial score (nSPS) is 16.5. The minimum absolute atomic E-state index is 0.0156. The summed E-state index contributed by atoms with van der Waals surface area (Å²) in [5.41, 5.74) is 2.56. The van der Waals surface area contributed by atoms with Gasteiger partial charge in [-0.2, -0.15) is 0 Å². The summed E-state index contributed by atoms with van der Waals surface area (Å²) in [6.07, 6.45) is 0. The second kappa shape index (κ2) is 9.32. The van der Waals surface area contributed by atoms with Crippen molar-refractivity contribution in [2.75, 3.05) is 31.5 Å². The van der Waals surface area contributed by atoms with Crippen LogP contribution in [0.1, 0.15) is 29.8 Å². The fourth-order valence-corrected chi connectivity index (χ4v) is 3.62. The minimum Gasteiger partial charge on any atom is -0.325 e. The van der Waals surface area contributed by atoms with Gasteiger partial charge in [0.25, 0.3) is 0 Å². The van der Waals surface area contributed by atoms with Crippen molar-refractivity contribution in [1.29, 1.82) is 0 Å². The molecule has 1 saturated heterocycles. The highest BCUT2D eigenvalue weighted by Crippen LogP contribution is 2.16. The molecule has 1 amide bonds. The van der Waals surface area contributed by atoms with Gasteiger partial charge in [0, 0.05) is 49.0 Å². The van der Waals surface area contributed by atoms with Crippen molar-refractivity contribution in [2.45, 2.75) is 26.4 Å². The molecule has 0 aliphatic carbocycles. The van der Waals surface area contributed by atoms with Crippen LogP contribution in [0, 0.1) is 0 Å². The number of anilines is 1. The summed E-state index contributed by atoms with van der Waals surface area (Å²) in [6, 6.07) is 14.7.